The molecule has 2 unspecified atom stereocenters. The van der Waals surface area contributed by atoms with Crippen molar-refractivity contribution in [3.05, 3.63) is 29.3 Å². The third-order valence-electron chi connectivity index (χ3n) is 3.07. The van der Waals surface area contributed by atoms with Crippen molar-refractivity contribution in [3.63, 3.8) is 0 Å². The van der Waals surface area contributed by atoms with Crippen molar-refractivity contribution in [3.8, 4) is 5.75 Å². The highest BCUT2D eigenvalue weighted by atomic mass is 19.2. The van der Waals surface area contributed by atoms with Gasteiger partial charge in [-0.3, -0.25) is 0 Å². The normalized spacial score (nSPS) is 22.4. The van der Waals surface area contributed by atoms with Crippen molar-refractivity contribution >= 4 is 0 Å². The molecule has 4 heteroatoms. The molecule has 1 aromatic rings. The van der Waals surface area contributed by atoms with E-state index in [0.29, 0.717) is 0 Å². The molecule has 1 aliphatic heterocycles. The number of nitrogens with one attached hydrogen (secondary N) is 1. The fourth-order valence-corrected chi connectivity index (χ4v) is 2.19. The molecule has 2 rings (SSSR count). The number of hydrogen-bond donors (Lipinski definition) is 1. The maximum atomic E-state index is 13.6. The van der Waals surface area contributed by atoms with E-state index in [4.69, 9.17) is 4.74 Å². The molecule has 17 heavy (non-hydrogen) atoms. The zero-order valence-corrected chi connectivity index (χ0v) is 10.1. The van der Waals surface area contributed by atoms with Gasteiger partial charge >= 0.3 is 0 Å². The van der Waals surface area contributed by atoms with Crippen LogP contribution in [0.25, 0.3) is 0 Å². The molecular weight excluding hydrogens is 224 g/mol. The van der Waals surface area contributed by atoms with Gasteiger partial charge in [0.1, 0.15) is 6.10 Å². The minimum absolute atomic E-state index is 0.0370. The molecule has 0 bridgehead atoms. The monoisotopic (exact) mass is 241 g/mol. The number of benzene rings is 1. The minimum atomic E-state index is -0.873. The van der Waals surface area contributed by atoms with Gasteiger partial charge in [-0.05, 0) is 25.5 Å². The maximum Gasteiger partial charge on any atom is 0.200 e. The van der Waals surface area contributed by atoms with Gasteiger partial charge in [-0.1, -0.05) is 19.9 Å². The number of halogens is 2. The molecule has 0 aliphatic carbocycles. The molecule has 1 aromatic carbocycles. The minimum Gasteiger partial charge on any atom is -0.485 e. The van der Waals surface area contributed by atoms with Gasteiger partial charge in [-0.15, -0.1) is 0 Å². The standard InChI is InChI=1S/C13H17F2NO/c1-3-7-16-12-8-5-6-9(14)11(15)13(8)17-10(12)4-2/h5-6,10,12,16H,3-4,7H2,1-2H3. The quantitative estimate of drug-likeness (QED) is 0.874. The van der Waals surface area contributed by atoms with E-state index in [-0.39, 0.29) is 17.9 Å². The summed E-state index contributed by atoms with van der Waals surface area (Å²) in [5.41, 5.74) is 0.726. The van der Waals surface area contributed by atoms with E-state index in [1.807, 2.05) is 6.92 Å². The van der Waals surface area contributed by atoms with Gasteiger partial charge in [0.05, 0.1) is 6.04 Å². The first-order valence-corrected chi connectivity index (χ1v) is 6.07. The molecule has 2 nitrogen and oxygen atoms in total. The predicted octanol–water partition coefficient (Wildman–Crippen LogP) is 3.18. The molecule has 0 fully saturated rings. The second-order valence-electron chi connectivity index (χ2n) is 4.28. The van der Waals surface area contributed by atoms with Crippen LogP contribution < -0.4 is 10.1 Å². The zero-order valence-electron chi connectivity index (χ0n) is 10.1. The van der Waals surface area contributed by atoms with Crippen LogP contribution in [0.15, 0.2) is 12.1 Å². The van der Waals surface area contributed by atoms with Crippen LogP contribution in [-0.2, 0) is 0 Å². The molecule has 1 heterocycles. The Morgan fingerprint density at radius 2 is 2.06 bits per heavy atom. The first-order chi connectivity index (χ1) is 8.19. The molecule has 2 atom stereocenters. The topological polar surface area (TPSA) is 21.3 Å². The van der Waals surface area contributed by atoms with Crippen LogP contribution in [-0.4, -0.2) is 12.6 Å². The van der Waals surface area contributed by atoms with E-state index in [1.54, 1.807) is 6.07 Å². The van der Waals surface area contributed by atoms with Crippen molar-refractivity contribution in [2.75, 3.05) is 6.54 Å². The molecule has 94 valence electrons. The second kappa shape index (κ2) is 5.00. The Hall–Kier alpha value is -1.16. The van der Waals surface area contributed by atoms with E-state index in [0.717, 1.165) is 31.0 Å². The maximum absolute atomic E-state index is 13.6. The lowest BCUT2D eigenvalue weighted by Crippen LogP contribution is -2.30. The summed E-state index contributed by atoms with van der Waals surface area (Å²) in [6, 6.07) is 2.73. The third kappa shape index (κ3) is 2.14. The summed E-state index contributed by atoms with van der Waals surface area (Å²) in [5, 5.41) is 3.32. The largest absolute Gasteiger partial charge is 0.485 e. The molecule has 0 amide bonds. The summed E-state index contributed by atoms with van der Waals surface area (Å²) < 4.78 is 32.2. The lowest BCUT2D eigenvalue weighted by atomic mass is 10.0. The van der Waals surface area contributed by atoms with Crippen molar-refractivity contribution in [1.29, 1.82) is 0 Å². The van der Waals surface area contributed by atoms with Crippen LogP contribution in [0.3, 0.4) is 0 Å². The zero-order chi connectivity index (χ0) is 12.4. The van der Waals surface area contributed by atoms with E-state index < -0.39 is 11.6 Å². The van der Waals surface area contributed by atoms with Gasteiger partial charge in [0.25, 0.3) is 0 Å². The lowest BCUT2D eigenvalue weighted by Gasteiger charge is -2.18. The second-order valence-corrected chi connectivity index (χ2v) is 4.28. The average Bonchev–Trinajstić information content (AvgIpc) is 2.70. The summed E-state index contributed by atoms with van der Waals surface area (Å²) in [5.74, 6) is -1.65. The smallest absolute Gasteiger partial charge is 0.200 e. The summed E-state index contributed by atoms with van der Waals surface area (Å²) in [6.07, 6.45) is 1.64. The van der Waals surface area contributed by atoms with Crippen molar-refractivity contribution in [2.45, 2.75) is 38.8 Å². The van der Waals surface area contributed by atoms with Crippen LogP contribution in [0.4, 0.5) is 8.78 Å². The fourth-order valence-electron chi connectivity index (χ4n) is 2.19. The summed E-state index contributed by atoms with van der Waals surface area (Å²) in [7, 11) is 0. The average molecular weight is 241 g/mol. The van der Waals surface area contributed by atoms with Gasteiger partial charge in [-0.2, -0.15) is 4.39 Å². The van der Waals surface area contributed by atoms with Crippen molar-refractivity contribution in [1.82, 2.24) is 5.32 Å². The molecule has 1 N–H and O–H groups in total. The predicted molar refractivity (Wildman–Crippen MR) is 62.1 cm³/mol. The van der Waals surface area contributed by atoms with Crippen molar-refractivity contribution < 1.29 is 13.5 Å². The number of rotatable bonds is 4. The van der Waals surface area contributed by atoms with Crippen LogP contribution in [0.5, 0.6) is 5.75 Å². The Morgan fingerprint density at radius 3 is 2.71 bits per heavy atom. The number of ether oxygens (including phenoxy) is 1. The molecule has 0 aromatic heterocycles. The van der Waals surface area contributed by atoms with E-state index in [1.165, 1.54) is 0 Å². The van der Waals surface area contributed by atoms with Gasteiger partial charge in [0.2, 0.25) is 5.82 Å². The van der Waals surface area contributed by atoms with E-state index >= 15 is 0 Å². The molecule has 1 aliphatic rings. The first-order valence-electron chi connectivity index (χ1n) is 6.07. The Labute approximate surface area is 100.0 Å². The van der Waals surface area contributed by atoms with Crippen molar-refractivity contribution in [2.24, 2.45) is 0 Å². The van der Waals surface area contributed by atoms with Crippen LogP contribution in [0.1, 0.15) is 38.3 Å². The summed E-state index contributed by atoms with van der Waals surface area (Å²) in [6.45, 7) is 4.88. The Bertz CT molecular complexity index is 409. The lowest BCUT2D eigenvalue weighted by molar-refractivity contribution is 0.178. The van der Waals surface area contributed by atoms with E-state index in [9.17, 15) is 8.78 Å². The van der Waals surface area contributed by atoms with Crippen LogP contribution in [0.2, 0.25) is 0 Å². The number of hydrogen-bond acceptors (Lipinski definition) is 2. The molecule has 0 saturated heterocycles. The van der Waals surface area contributed by atoms with Crippen LogP contribution >= 0.6 is 0 Å². The highest BCUT2D eigenvalue weighted by Gasteiger charge is 2.35. The fraction of sp³-hybridized carbons (Fsp3) is 0.538. The third-order valence-corrected chi connectivity index (χ3v) is 3.07. The number of fused-ring (bicyclic) bond motifs is 1. The highest BCUT2D eigenvalue weighted by Crippen LogP contribution is 2.40. The van der Waals surface area contributed by atoms with E-state index in [2.05, 4.69) is 12.2 Å². The van der Waals surface area contributed by atoms with Gasteiger partial charge in [-0.25, -0.2) is 4.39 Å². The van der Waals surface area contributed by atoms with Gasteiger partial charge < -0.3 is 10.1 Å². The highest BCUT2D eigenvalue weighted by molar-refractivity contribution is 5.42. The Balaban J connectivity index is 2.32. The molecule has 0 spiro atoms. The van der Waals surface area contributed by atoms with Gasteiger partial charge in [0, 0.05) is 5.56 Å². The molecule has 0 saturated carbocycles. The first kappa shape index (κ1) is 12.3. The molecule has 0 radical (unpaired) electrons. The summed E-state index contributed by atoms with van der Waals surface area (Å²) in [4.78, 5) is 0. The van der Waals surface area contributed by atoms with Crippen LogP contribution in [0, 0.1) is 11.6 Å². The summed E-state index contributed by atoms with van der Waals surface area (Å²) >= 11 is 0. The Morgan fingerprint density at radius 1 is 1.29 bits per heavy atom. The molecular formula is C13H17F2NO. The van der Waals surface area contributed by atoms with Gasteiger partial charge in [0.15, 0.2) is 11.6 Å². The SMILES string of the molecule is CCCNC1c2ccc(F)c(F)c2OC1CC. The Kier molecular flexibility index (Phi) is 3.62.